The van der Waals surface area contributed by atoms with E-state index in [1.54, 1.807) is 0 Å². The molecule has 5 nitrogen and oxygen atoms in total. The highest BCUT2D eigenvalue weighted by atomic mass is 16.5. The van der Waals surface area contributed by atoms with Crippen LogP contribution < -0.4 is 0 Å². The van der Waals surface area contributed by atoms with Gasteiger partial charge in [0.15, 0.2) is 0 Å². The number of likely N-dealkylation sites (N-methyl/N-ethyl adjacent to an activating group) is 1. The summed E-state index contributed by atoms with van der Waals surface area (Å²) in [6.07, 6.45) is 0. The number of hydrogen-bond acceptors (Lipinski definition) is 5. The number of ether oxygens (including phenoxy) is 1. The lowest BCUT2D eigenvalue weighted by molar-refractivity contribution is -0.182. The largest absolute Gasteiger partial charge is 0.377 e. The van der Waals surface area contributed by atoms with Gasteiger partial charge < -0.3 is 4.74 Å². The Morgan fingerprint density at radius 1 is 1.08 bits per heavy atom. The molecule has 1 spiro atoms. The highest BCUT2D eigenvalue weighted by Gasteiger charge is 2.49. The molecule has 0 radical (unpaired) electrons. The van der Waals surface area contributed by atoms with Crippen molar-refractivity contribution < 1.29 is 4.74 Å². The predicted octanol–water partition coefficient (Wildman–Crippen LogP) is 1.58. The molecule has 5 heteroatoms. The second-order valence-corrected chi connectivity index (χ2v) is 9.80. The van der Waals surface area contributed by atoms with E-state index in [1.165, 1.54) is 26.2 Å². The van der Waals surface area contributed by atoms with E-state index in [0.29, 0.717) is 18.1 Å². The van der Waals surface area contributed by atoms with Gasteiger partial charge in [-0.25, -0.2) is 0 Å². The minimum absolute atomic E-state index is 0.218. The zero-order valence-corrected chi connectivity index (χ0v) is 17.6. The minimum atomic E-state index is 0.218. The Balaban J connectivity index is 1.63. The Labute approximate surface area is 155 Å². The van der Waals surface area contributed by atoms with Crippen LogP contribution in [0.15, 0.2) is 0 Å². The average Bonchev–Trinajstić information content (AvgIpc) is 2.49. The average molecular weight is 353 g/mol. The molecule has 0 N–H and O–H groups in total. The third-order valence-corrected chi connectivity index (χ3v) is 6.98. The normalized spacial score (nSPS) is 33.1. The van der Waals surface area contributed by atoms with Crippen molar-refractivity contribution in [3.05, 3.63) is 0 Å². The van der Waals surface area contributed by atoms with Gasteiger partial charge >= 0.3 is 0 Å². The van der Waals surface area contributed by atoms with E-state index in [0.717, 1.165) is 26.3 Å². The Morgan fingerprint density at radius 3 is 2.16 bits per heavy atom. The van der Waals surface area contributed by atoms with Gasteiger partial charge in [-0.15, -0.1) is 0 Å². The fourth-order valence-corrected chi connectivity index (χ4v) is 5.15. The second kappa shape index (κ2) is 7.08. The quantitative estimate of drug-likeness (QED) is 0.764. The van der Waals surface area contributed by atoms with Crippen LogP contribution in [0.4, 0.5) is 0 Å². The van der Waals surface area contributed by atoms with Crippen LogP contribution in [0.25, 0.3) is 0 Å². The van der Waals surface area contributed by atoms with Crippen LogP contribution in [-0.2, 0) is 4.74 Å². The number of hydrogen-bond donors (Lipinski definition) is 0. The molecule has 25 heavy (non-hydrogen) atoms. The van der Waals surface area contributed by atoms with Crippen molar-refractivity contribution in [2.24, 2.45) is 0 Å². The first-order valence-electron chi connectivity index (χ1n) is 10.2. The molecule has 3 saturated heterocycles. The SMILES string of the molecule is CC(C)N1CCN(CC(C)(C)N2C[C@@H](C)N(C)[C@@H](C)C2)CC12COC2. The molecule has 3 rings (SSSR count). The summed E-state index contributed by atoms with van der Waals surface area (Å²) in [6, 6.07) is 1.87. The minimum Gasteiger partial charge on any atom is -0.377 e. The van der Waals surface area contributed by atoms with Gasteiger partial charge in [-0.1, -0.05) is 0 Å². The van der Waals surface area contributed by atoms with Crippen molar-refractivity contribution in [3.8, 4) is 0 Å². The monoisotopic (exact) mass is 352 g/mol. The van der Waals surface area contributed by atoms with E-state index in [-0.39, 0.29) is 11.1 Å². The van der Waals surface area contributed by atoms with Crippen molar-refractivity contribution >= 4 is 0 Å². The molecule has 0 aromatic heterocycles. The molecule has 3 heterocycles. The molecule has 0 aromatic carbocycles. The van der Waals surface area contributed by atoms with E-state index in [9.17, 15) is 0 Å². The van der Waals surface area contributed by atoms with Gasteiger partial charge in [0.1, 0.15) is 0 Å². The first-order chi connectivity index (χ1) is 11.6. The molecule has 0 unspecified atom stereocenters. The van der Waals surface area contributed by atoms with E-state index < -0.39 is 0 Å². The first kappa shape index (κ1) is 19.6. The summed E-state index contributed by atoms with van der Waals surface area (Å²) in [6.45, 7) is 23.1. The molecule has 3 aliphatic rings. The fraction of sp³-hybridized carbons (Fsp3) is 1.00. The maximum Gasteiger partial charge on any atom is 0.0809 e. The topological polar surface area (TPSA) is 22.2 Å². The zero-order valence-electron chi connectivity index (χ0n) is 17.6. The standard InChI is InChI=1S/C20H40N4O/c1-16(2)24-9-8-22(13-20(24)14-25-15-20)12-19(5,6)23-10-17(3)21(7)18(4)11-23/h16-18H,8-15H2,1-7H3/t17-,18+. The molecule has 0 aliphatic carbocycles. The van der Waals surface area contributed by atoms with E-state index in [1.807, 2.05) is 0 Å². The zero-order chi connectivity index (χ0) is 18.4. The Hall–Kier alpha value is -0.200. The molecule has 3 fully saturated rings. The third kappa shape index (κ3) is 3.77. The Kier molecular flexibility index (Phi) is 5.54. The molecule has 146 valence electrons. The molecule has 3 aliphatic heterocycles. The summed E-state index contributed by atoms with van der Waals surface area (Å²) >= 11 is 0. The molecule has 2 atom stereocenters. The number of piperazine rings is 2. The molecule has 0 saturated carbocycles. The van der Waals surface area contributed by atoms with Gasteiger partial charge in [0, 0.05) is 62.9 Å². The van der Waals surface area contributed by atoms with Crippen LogP contribution in [0.5, 0.6) is 0 Å². The lowest BCUT2D eigenvalue weighted by Crippen LogP contribution is -2.74. The summed E-state index contributed by atoms with van der Waals surface area (Å²) in [4.78, 5) is 10.6. The van der Waals surface area contributed by atoms with Crippen molar-refractivity contribution in [2.75, 3.05) is 59.5 Å². The van der Waals surface area contributed by atoms with E-state index in [4.69, 9.17) is 4.74 Å². The van der Waals surface area contributed by atoms with Gasteiger partial charge in [-0.05, 0) is 48.6 Å². The van der Waals surface area contributed by atoms with Crippen LogP contribution in [-0.4, -0.2) is 108 Å². The third-order valence-electron chi connectivity index (χ3n) is 6.98. The van der Waals surface area contributed by atoms with Crippen LogP contribution in [0, 0.1) is 0 Å². The van der Waals surface area contributed by atoms with E-state index >= 15 is 0 Å². The van der Waals surface area contributed by atoms with Gasteiger partial charge in [-0.2, -0.15) is 0 Å². The molecule has 0 amide bonds. The van der Waals surface area contributed by atoms with Crippen molar-refractivity contribution in [3.63, 3.8) is 0 Å². The lowest BCUT2D eigenvalue weighted by atomic mass is 9.88. The number of rotatable bonds is 4. The maximum atomic E-state index is 5.65. The van der Waals surface area contributed by atoms with Crippen LogP contribution in [0.2, 0.25) is 0 Å². The highest BCUT2D eigenvalue weighted by Crippen LogP contribution is 2.32. The fourth-order valence-electron chi connectivity index (χ4n) is 5.15. The molecular weight excluding hydrogens is 312 g/mol. The van der Waals surface area contributed by atoms with Crippen molar-refractivity contribution in [1.82, 2.24) is 19.6 Å². The Morgan fingerprint density at radius 2 is 1.68 bits per heavy atom. The Bertz CT molecular complexity index is 451. The summed E-state index contributed by atoms with van der Waals surface area (Å²) in [5.74, 6) is 0. The van der Waals surface area contributed by atoms with E-state index in [2.05, 4.69) is 68.2 Å². The highest BCUT2D eigenvalue weighted by molar-refractivity contribution is 5.04. The summed E-state index contributed by atoms with van der Waals surface area (Å²) in [5.41, 5.74) is 0.487. The summed E-state index contributed by atoms with van der Waals surface area (Å²) in [7, 11) is 2.27. The summed E-state index contributed by atoms with van der Waals surface area (Å²) < 4.78 is 5.65. The maximum absolute atomic E-state index is 5.65. The van der Waals surface area contributed by atoms with Crippen molar-refractivity contribution in [1.29, 1.82) is 0 Å². The predicted molar refractivity (Wildman–Crippen MR) is 104 cm³/mol. The van der Waals surface area contributed by atoms with Crippen molar-refractivity contribution in [2.45, 2.75) is 70.7 Å². The van der Waals surface area contributed by atoms with Crippen LogP contribution in [0.3, 0.4) is 0 Å². The molecule has 0 bridgehead atoms. The molecular formula is C20H40N4O. The van der Waals surface area contributed by atoms with Gasteiger partial charge in [-0.3, -0.25) is 19.6 Å². The molecule has 0 aromatic rings. The summed E-state index contributed by atoms with van der Waals surface area (Å²) in [5, 5.41) is 0. The lowest BCUT2D eigenvalue weighted by Gasteiger charge is -2.58. The second-order valence-electron chi connectivity index (χ2n) is 9.80. The first-order valence-corrected chi connectivity index (χ1v) is 10.2. The van der Waals surface area contributed by atoms with Gasteiger partial charge in [0.2, 0.25) is 0 Å². The smallest absolute Gasteiger partial charge is 0.0809 e. The van der Waals surface area contributed by atoms with Gasteiger partial charge in [0.05, 0.1) is 18.8 Å². The van der Waals surface area contributed by atoms with Gasteiger partial charge in [0.25, 0.3) is 0 Å². The van der Waals surface area contributed by atoms with Crippen LogP contribution >= 0.6 is 0 Å². The van der Waals surface area contributed by atoms with Crippen LogP contribution in [0.1, 0.15) is 41.5 Å². The number of nitrogens with zero attached hydrogens (tertiary/aromatic N) is 4.